The van der Waals surface area contributed by atoms with Crippen molar-refractivity contribution in [3.8, 4) is 0 Å². The van der Waals surface area contributed by atoms with Gasteiger partial charge in [0.2, 0.25) is 0 Å². The summed E-state index contributed by atoms with van der Waals surface area (Å²) in [5.41, 5.74) is 0.623. The molecule has 0 bridgehead atoms. The number of amidine groups is 2. The molecule has 0 aliphatic rings. The van der Waals surface area contributed by atoms with Crippen LogP contribution in [-0.2, 0) is 47.1 Å². The summed E-state index contributed by atoms with van der Waals surface area (Å²) in [5.74, 6) is 0. The summed E-state index contributed by atoms with van der Waals surface area (Å²) in [6.07, 6.45) is 2.08. The Labute approximate surface area is 154 Å². The van der Waals surface area contributed by atoms with Crippen molar-refractivity contribution in [3.63, 3.8) is 0 Å². The van der Waals surface area contributed by atoms with Crippen LogP contribution in [0, 0.1) is 0 Å². The minimum Gasteiger partial charge on any atom is -0.741 e. The smallest absolute Gasteiger partial charge is 0.741 e. The van der Waals surface area contributed by atoms with Crippen LogP contribution in [0.3, 0.4) is 0 Å². The Bertz CT molecular complexity index is 424. The summed E-state index contributed by atoms with van der Waals surface area (Å²) in [6, 6.07) is 0. The molecule has 0 saturated carbocycles. The Balaban J connectivity index is 0. The quantitative estimate of drug-likeness (QED) is 0.159. The number of hydrogen-bond acceptors (Lipinski definition) is 7. The van der Waals surface area contributed by atoms with Crippen molar-refractivity contribution in [3.05, 3.63) is 0 Å². The molecule has 1 radical (unpaired) electrons. The Morgan fingerprint density at radius 3 is 2.05 bits per heavy atom. The van der Waals surface area contributed by atoms with E-state index in [1.807, 2.05) is 6.92 Å². The van der Waals surface area contributed by atoms with Crippen LogP contribution < -0.4 is 0 Å². The zero-order valence-electron chi connectivity index (χ0n) is 13.4. The van der Waals surface area contributed by atoms with Crippen LogP contribution in [0.4, 0.5) is 0 Å². The molecule has 0 aliphatic heterocycles. The van der Waals surface area contributed by atoms with Crippen molar-refractivity contribution in [1.29, 1.82) is 0 Å². The average molecular weight is 394 g/mol. The summed E-state index contributed by atoms with van der Waals surface area (Å²) in [6.45, 7) is 3.11. The van der Waals surface area contributed by atoms with Crippen molar-refractivity contribution >= 4 is 47.5 Å². The van der Waals surface area contributed by atoms with E-state index in [4.69, 9.17) is 30.0 Å². The topological polar surface area (TPSA) is 65.2 Å². The predicted molar refractivity (Wildman–Crippen MR) is 94.0 cm³/mol. The summed E-state index contributed by atoms with van der Waals surface area (Å²) in [4.78, 5) is 3.39. The minimum absolute atomic E-state index is 0. The van der Waals surface area contributed by atoms with E-state index >= 15 is 0 Å². The number of hydrogen-bond donors (Lipinski definition) is 0. The van der Waals surface area contributed by atoms with E-state index in [0.717, 1.165) is 0 Å². The van der Waals surface area contributed by atoms with E-state index < -0.39 is 0 Å². The maximum Gasteiger partial charge on any atom is 2.00 e. The third-order valence-corrected chi connectivity index (χ3v) is 2.98. The van der Waals surface area contributed by atoms with Crippen molar-refractivity contribution in [2.75, 3.05) is 41.4 Å². The van der Waals surface area contributed by atoms with Gasteiger partial charge in [0, 0.05) is 51.6 Å². The maximum atomic E-state index is 5.29. The zero-order valence-corrected chi connectivity index (χ0v) is 16.0. The van der Waals surface area contributed by atoms with E-state index in [1.165, 1.54) is 6.21 Å². The largest absolute Gasteiger partial charge is 2.00 e. The number of rotatable bonds is 7. The van der Waals surface area contributed by atoms with Gasteiger partial charge in [-0.25, -0.2) is 0 Å². The van der Waals surface area contributed by atoms with Gasteiger partial charge in [0.25, 0.3) is 0 Å². The fourth-order valence-corrected chi connectivity index (χ4v) is 0.980. The summed E-state index contributed by atoms with van der Waals surface area (Å²) < 4.78 is 5.29. The molecule has 0 N–H and O–H groups in total. The first-order valence-electron chi connectivity index (χ1n) is 6.40. The number of nitrogens with zero attached hydrogens (tertiary/aromatic N) is 6. The monoisotopic (exact) mass is 393 g/mol. The van der Waals surface area contributed by atoms with Gasteiger partial charge in [0.1, 0.15) is 0 Å². The van der Waals surface area contributed by atoms with E-state index in [1.54, 1.807) is 38.0 Å². The predicted octanol–water partition coefficient (Wildman–Crippen LogP) is 0.681. The molecule has 0 heterocycles. The van der Waals surface area contributed by atoms with Crippen LogP contribution >= 0.6 is 0 Å². The second kappa shape index (κ2) is 13.8. The van der Waals surface area contributed by atoms with Crippen molar-refractivity contribution in [2.45, 2.75) is 13.3 Å². The molecule has 0 aromatic rings. The van der Waals surface area contributed by atoms with Crippen LogP contribution in [0.1, 0.15) is 13.3 Å². The first kappa shape index (κ1) is 23.5. The second-order valence-corrected chi connectivity index (χ2v) is 5.07. The molecule has 0 aromatic heterocycles. The fourth-order valence-electron chi connectivity index (χ4n) is 0.892. The average Bonchev–Trinajstić information content (AvgIpc) is 2.43. The molecule has 0 amide bonds. The van der Waals surface area contributed by atoms with Crippen LogP contribution in [0.5, 0.6) is 0 Å². The molecule has 7 nitrogen and oxygen atoms in total. The van der Waals surface area contributed by atoms with Gasteiger partial charge < -0.3 is 39.8 Å². The molecular weight excluding hydrogens is 372 g/mol. The van der Waals surface area contributed by atoms with Gasteiger partial charge in [0.05, 0.1) is 18.5 Å². The molecule has 0 spiro atoms. The molecule has 0 saturated heterocycles. The van der Waals surface area contributed by atoms with Gasteiger partial charge in [-0.1, -0.05) is 0 Å². The second-order valence-electron chi connectivity index (χ2n) is 4.34. The SMILES string of the molecule is CCOCCC(/C=N\N=C(/[S-])N(C)C)=N/N=C(\[S-])N(C)C.[Cu+2]. The summed E-state index contributed by atoms with van der Waals surface area (Å²) in [5, 5.41) is 16.6. The van der Waals surface area contributed by atoms with Crippen molar-refractivity contribution in [2.24, 2.45) is 20.4 Å². The Hall–Kier alpha value is -0.801. The van der Waals surface area contributed by atoms with Gasteiger partial charge >= 0.3 is 17.1 Å². The molecule has 22 heavy (non-hydrogen) atoms. The third kappa shape index (κ3) is 11.8. The zero-order chi connectivity index (χ0) is 16.3. The van der Waals surface area contributed by atoms with Crippen LogP contribution in [0.2, 0.25) is 0 Å². The standard InChI is InChI=1S/C12H24N6OS2.Cu/c1-6-19-8-7-10(14-16-12(21)18(4)5)9-13-15-11(20)17(2)3;/h9H,6-8H2,1-5H3,(H,15,20)(H,16,21);/q;+2/p-2/b13-9-,14-10-;. The van der Waals surface area contributed by atoms with Crippen LogP contribution in [0.15, 0.2) is 20.4 Å². The minimum atomic E-state index is 0. The molecular formula is C12H22CuN6OS2. The van der Waals surface area contributed by atoms with E-state index in [9.17, 15) is 0 Å². The summed E-state index contributed by atoms with van der Waals surface area (Å²) in [7, 11) is 7.22. The van der Waals surface area contributed by atoms with E-state index in [2.05, 4.69) is 20.4 Å². The molecule has 129 valence electrons. The molecule has 0 unspecified atom stereocenters. The Morgan fingerprint density at radius 2 is 1.55 bits per heavy atom. The maximum absolute atomic E-state index is 5.29. The van der Waals surface area contributed by atoms with Gasteiger partial charge in [-0.15, -0.1) is 0 Å². The van der Waals surface area contributed by atoms with Gasteiger partial charge in [-0.3, -0.25) is 0 Å². The Morgan fingerprint density at radius 1 is 1.00 bits per heavy atom. The first-order chi connectivity index (χ1) is 9.88. The molecule has 10 heteroatoms. The van der Waals surface area contributed by atoms with Crippen LogP contribution in [-0.4, -0.2) is 73.5 Å². The Kier molecular flexibility index (Phi) is 14.8. The molecule has 0 aliphatic carbocycles. The van der Waals surface area contributed by atoms with Crippen molar-refractivity contribution in [1.82, 2.24) is 9.80 Å². The molecule has 0 aromatic carbocycles. The van der Waals surface area contributed by atoms with E-state index in [-0.39, 0.29) is 17.1 Å². The normalized spacial score (nSPS) is 13.2. The van der Waals surface area contributed by atoms with Crippen molar-refractivity contribution < 1.29 is 21.8 Å². The molecule has 0 atom stereocenters. The van der Waals surface area contributed by atoms with Gasteiger partial charge in [0.15, 0.2) is 0 Å². The van der Waals surface area contributed by atoms with E-state index in [0.29, 0.717) is 35.7 Å². The van der Waals surface area contributed by atoms with Gasteiger partial charge in [-0.2, -0.15) is 20.4 Å². The summed E-state index contributed by atoms with van der Waals surface area (Å²) >= 11 is 10.1. The molecule has 0 rings (SSSR count). The van der Waals surface area contributed by atoms with Crippen LogP contribution in [0.25, 0.3) is 0 Å². The third-order valence-electron chi connectivity index (χ3n) is 2.09. The molecule has 0 fully saturated rings. The number of ether oxygens (including phenoxy) is 1. The first-order valence-corrected chi connectivity index (χ1v) is 7.22. The fraction of sp³-hybridized carbons (Fsp3) is 0.667. The van der Waals surface area contributed by atoms with Gasteiger partial charge in [-0.05, 0) is 6.92 Å².